The summed E-state index contributed by atoms with van der Waals surface area (Å²) in [6.07, 6.45) is 1.36. The van der Waals surface area contributed by atoms with Crippen LogP contribution < -0.4 is 5.32 Å². The molecule has 1 heterocycles. The van der Waals surface area contributed by atoms with E-state index in [-0.39, 0.29) is 23.1 Å². The first-order valence-electron chi connectivity index (χ1n) is 7.74. The summed E-state index contributed by atoms with van der Waals surface area (Å²) in [4.78, 5) is 26.5. The third kappa shape index (κ3) is 4.70. The molecule has 0 saturated carbocycles. The monoisotopic (exact) mass is 400 g/mol. The summed E-state index contributed by atoms with van der Waals surface area (Å²) in [6.45, 7) is 7.02. The van der Waals surface area contributed by atoms with Gasteiger partial charge in [0.15, 0.2) is 0 Å². The number of anilines is 1. The Kier molecular flexibility index (Phi) is 5.74. The Morgan fingerprint density at radius 3 is 2.39 bits per heavy atom. The largest absolute Gasteiger partial charge is 0.342 e. The number of amides is 2. The summed E-state index contributed by atoms with van der Waals surface area (Å²) in [7, 11) is 0. The Morgan fingerprint density at radius 2 is 1.87 bits per heavy atom. The van der Waals surface area contributed by atoms with Crippen molar-refractivity contribution in [1.29, 1.82) is 0 Å². The fourth-order valence-corrected chi connectivity index (χ4v) is 3.37. The van der Waals surface area contributed by atoms with Gasteiger partial charge in [0.2, 0.25) is 11.8 Å². The summed E-state index contributed by atoms with van der Waals surface area (Å²) in [5.74, 6) is 0.0307. The van der Waals surface area contributed by atoms with E-state index in [4.69, 9.17) is 11.6 Å². The molecule has 23 heavy (non-hydrogen) atoms. The SMILES string of the molecule is CC(C)(C)C(=O)N1CCC(C(=O)Nc2ccc(Br)cc2Cl)CC1. The zero-order valence-electron chi connectivity index (χ0n) is 13.7. The molecule has 1 saturated heterocycles. The molecule has 0 unspecified atom stereocenters. The van der Waals surface area contributed by atoms with Gasteiger partial charge in [0.05, 0.1) is 10.7 Å². The van der Waals surface area contributed by atoms with Gasteiger partial charge in [-0.15, -0.1) is 0 Å². The van der Waals surface area contributed by atoms with Crippen molar-refractivity contribution in [2.75, 3.05) is 18.4 Å². The van der Waals surface area contributed by atoms with Crippen LogP contribution in [0.25, 0.3) is 0 Å². The van der Waals surface area contributed by atoms with E-state index in [2.05, 4.69) is 21.2 Å². The molecule has 0 bridgehead atoms. The number of hydrogen-bond donors (Lipinski definition) is 1. The highest BCUT2D eigenvalue weighted by Gasteiger charge is 2.32. The second-order valence-electron chi connectivity index (χ2n) is 6.93. The molecule has 6 heteroatoms. The van der Waals surface area contributed by atoms with Gasteiger partial charge in [-0.1, -0.05) is 48.3 Å². The van der Waals surface area contributed by atoms with E-state index in [1.807, 2.05) is 31.7 Å². The van der Waals surface area contributed by atoms with Gasteiger partial charge in [-0.05, 0) is 31.0 Å². The van der Waals surface area contributed by atoms with Crippen LogP contribution >= 0.6 is 27.5 Å². The van der Waals surface area contributed by atoms with E-state index >= 15 is 0 Å². The average molecular weight is 402 g/mol. The second kappa shape index (κ2) is 7.22. The van der Waals surface area contributed by atoms with Crippen LogP contribution in [0.4, 0.5) is 5.69 Å². The third-order valence-electron chi connectivity index (χ3n) is 3.98. The minimum absolute atomic E-state index is 0.0305. The standard InChI is InChI=1S/C17H22BrClN2O2/c1-17(2,3)16(23)21-8-6-11(7-9-21)15(22)20-14-5-4-12(18)10-13(14)19/h4-5,10-11H,6-9H2,1-3H3,(H,20,22). The summed E-state index contributed by atoms with van der Waals surface area (Å²) in [6, 6.07) is 5.37. The molecule has 0 atom stereocenters. The van der Waals surface area contributed by atoms with Crippen LogP contribution in [0.3, 0.4) is 0 Å². The Morgan fingerprint density at radius 1 is 1.26 bits per heavy atom. The lowest BCUT2D eigenvalue weighted by Gasteiger charge is -2.35. The maximum Gasteiger partial charge on any atom is 0.227 e. The van der Waals surface area contributed by atoms with E-state index < -0.39 is 0 Å². The number of halogens is 2. The molecule has 2 rings (SSSR count). The molecule has 0 aromatic heterocycles. The van der Waals surface area contributed by atoms with Crippen molar-refractivity contribution in [2.45, 2.75) is 33.6 Å². The molecule has 2 amide bonds. The van der Waals surface area contributed by atoms with Gasteiger partial charge in [-0.3, -0.25) is 9.59 Å². The highest BCUT2D eigenvalue weighted by Crippen LogP contribution is 2.28. The molecule has 126 valence electrons. The average Bonchev–Trinajstić information content (AvgIpc) is 2.48. The minimum atomic E-state index is -0.375. The smallest absolute Gasteiger partial charge is 0.227 e. The molecule has 1 aromatic carbocycles. The number of rotatable bonds is 2. The van der Waals surface area contributed by atoms with Crippen molar-refractivity contribution >= 4 is 45.0 Å². The molecule has 0 radical (unpaired) electrons. The number of benzene rings is 1. The molecule has 1 aliphatic rings. The first-order chi connectivity index (χ1) is 10.7. The summed E-state index contributed by atoms with van der Waals surface area (Å²) in [5.41, 5.74) is 0.244. The van der Waals surface area contributed by atoms with Gasteiger partial charge in [0.25, 0.3) is 0 Å². The highest BCUT2D eigenvalue weighted by molar-refractivity contribution is 9.10. The summed E-state index contributed by atoms with van der Waals surface area (Å²) < 4.78 is 0.870. The van der Waals surface area contributed by atoms with E-state index in [0.717, 1.165) is 4.47 Å². The van der Waals surface area contributed by atoms with Crippen LogP contribution in [0.5, 0.6) is 0 Å². The van der Waals surface area contributed by atoms with Crippen molar-refractivity contribution < 1.29 is 9.59 Å². The highest BCUT2D eigenvalue weighted by atomic mass is 79.9. The van der Waals surface area contributed by atoms with Gasteiger partial charge in [-0.25, -0.2) is 0 Å². The van der Waals surface area contributed by atoms with Crippen LogP contribution in [0.1, 0.15) is 33.6 Å². The number of likely N-dealkylation sites (tertiary alicyclic amines) is 1. The normalized spacial score (nSPS) is 16.3. The van der Waals surface area contributed by atoms with Crippen LogP contribution in [0.15, 0.2) is 22.7 Å². The van der Waals surface area contributed by atoms with Crippen molar-refractivity contribution in [3.63, 3.8) is 0 Å². The Bertz CT molecular complexity index is 605. The van der Waals surface area contributed by atoms with Crippen LogP contribution in [0.2, 0.25) is 5.02 Å². The summed E-state index contributed by atoms with van der Waals surface area (Å²) in [5, 5.41) is 3.39. The molecule has 1 N–H and O–H groups in total. The number of nitrogens with zero attached hydrogens (tertiary/aromatic N) is 1. The molecular weight excluding hydrogens is 380 g/mol. The Labute approximate surface area is 150 Å². The van der Waals surface area contributed by atoms with E-state index in [1.54, 1.807) is 12.1 Å². The lowest BCUT2D eigenvalue weighted by Crippen LogP contribution is -2.45. The van der Waals surface area contributed by atoms with E-state index in [0.29, 0.717) is 36.6 Å². The van der Waals surface area contributed by atoms with Gasteiger partial charge in [0.1, 0.15) is 0 Å². The fraction of sp³-hybridized carbons (Fsp3) is 0.529. The van der Waals surface area contributed by atoms with Gasteiger partial charge in [0, 0.05) is 28.9 Å². The van der Waals surface area contributed by atoms with E-state index in [1.165, 1.54) is 0 Å². The Hall–Kier alpha value is -1.07. The van der Waals surface area contributed by atoms with Crippen molar-refractivity contribution in [3.8, 4) is 0 Å². The lowest BCUT2D eigenvalue weighted by atomic mass is 9.90. The molecule has 1 fully saturated rings. The van der Waals surface area contributed by atoms with Crippen LogP contribution in [-0.2, 0) is 9.59 Å². The topological polar surface area (TPSA) is 49.4 Å². The van der Waals surface area contributed by atoms with Crippen LogP contribution in [-0.4, -0.2) is 29.8 Å². The first-order valence-corrected chi connectivity index (χ1v) is 8.91. The number of carbonyl (C=O) groups excluding carboxylic acids is 2. The number of carbonyl (C=O) groups is 2. The quantitative estimate of drug-likeness (QED) is 0.802. The minimum Gasteiger partial charge on any atom is -0.342 e. The predicted octanol–water partition coefficient (Wildman–Crippen LogP) is 4.33. The zero-order valence-corrected chi connectivity index (χ0v) is 16.0. The molecule has 1 aromatic rings. The van der Waals surface area contributed by atoms with Crippen molar-refractivity contribution in [2.24, 2.45) is 11.3 Å². The molecular formula is C17H22BrClN2O2. The van der Waals surface area contributed by atoms with Crippen molar-refractivity contribution in [1.82, 2.24) is 4.90 Å². The predicted molar refractivity (Wildman–Crippen MR) is 96.5 cm³/mol. The number of nitrogens with one attached hydrogen (secondary N) is 1. The van der Waals surface area contributed by atoms with Gasteiger partial charge in [-0.2, -0.15) is 0 Å². The van der Waals surface area contributed by atoms with Crippen molar-refractivity contribution in [3.05, 3.63) is 27.7 Å². The molecule has 0 spiro atoms. The van der Waals surface area contributed by atoms with Crippen LogP contribution in [0, 0.1) is 11.3 Å². The summed E-state index contributed by atoms with van der Waals surface area (Å²) >= 11 is 9.47. The van der Waals surface area contributed by atoms with E-state index in [9.17, 15) is 9.59 Å². The lowest BCUT2D eigenvalue weighted by molar-refractivity contribution is -0.142. The maximum atomic E-state index is 12.4. The Balaban J connectivity index is 1.92. The number of hydrogen-bond acceptors (Lipinski definition) is 2. The molecule has 1 aliphatic heterocycles. The molecule has 0 aliphatic carbocycles. The fourth-order valence-electron chi connectivity index (χ4n) is 2.64. The van der Waals surface area contributed by atoms with Gasteiger partial charge >= 0.3 is 0 Å². The van der Waals surface area contributed by atoms with Gasteiger partial charge < -0.3 is 10.2 Å². The first kappa shape index (κ1) is 18.3. The second-order valence-corrected chi connectivity index (χ2v) is 8.25. The molecule has 4 nitrogen and oxygen atoms in total. The zero-order chi connectivity index (χ0) is 17.2. The maximum absolute atomic E-state index is 12.4. The number of piperidine rings is 1. The third-order valence-corrected chi connectivity index (χ3v) is 4.79.